The topological polar surface area (TPSA) is 101 Å². The van der Waals surface area contributed by atoms with Gasteiger partial charge in [0.05, 0.1) is 9.82 Å². The van der Waals surface area contributed by atoms with Gasteiger partial charge in [0.25, 0.3) is 5.69 Å². The molecule has 0 radical (unpaired) electrons. The lowest BCUT2D eigenvalue weighted by molar-refractivity contribution is -0.384. The number of halogens is 1. The van der Waals surface area contributed by atoms with Gasteiger partial charge in [-0.2, -0.15) is 0 Å². The molecule has 7 nitrogen and oxygen atoms in total. The van der Waals surface area contributed by atoms with Gasteiger partial charge in [-0.3, -0.25) is 10.1 Å². The lowest BCUT2D eigenvalue weighted by Crippen LogP contribution is -2.43. The molecule has 9 heteroatoms. The highest BCUT2D eigenvalue weighted by Gasteiger charge is 2.22. The van der Waals surface area contributed by atoms with Gasteiger partial charge in [-0.15, -0.1) is 0 Å². The van der Waals surface area contributed by atoms with Crippen molar-refractivity contribution in [3.8, 4) is 0 Å². The number of hydrogen-bond acceptors (Lipinski definition) is 5. The van der Waals surface area contributed by atoms with Crippen LogP contribution in [0.15, 0.2) is 23.1 Å². The van der Waals surface area contributed by atoms with Crippen molar-refractivity contribution in [2.75, 3.05) is 13.1 Å². The average molecular weight is 334 g/mol. The number of hydrogen-bond donors (Lipinski definition) is 2. The molecule has 0 amide bonds. The maximum atomic E-state index is 12.2. The van der Waals surface area contributed by atoms with E-state index in [-0.39, 0.29) is 22.5 Å². The molecule has 1 unspecified atom stereocenters. The summed E-state index contributed by atoms with van der Waals surface area (Å²) in [6.45, 7) is 1.14. The van der Waals surface area contributed by atoms with Gasteiger partial charge in [0.2, 0.25) is 10.0 Å². The van der Waals surface area contributed by atoms with E-state index in [0.29, 0.717) is 0 Å². The van der Waals surface area contributed by atoms with E-state index in [0.717, 1.165) is 31.9 Å². The Morgan fingerprint density at radius 2 is 2.19 bits per heavy atom. The molecule has 1 aromatic carbocycles. The van der Waals surface area contributed by atoms with Crippen LogP contribution in [0.25, 0.3) is 0 Å². The summed E-state index contributed by atoms with van der Waals surface area (Å²) in [6.07, 6.45) is 3.06. The molecule has 0 aliphatic carbocycles. The van der Waals surface area contributed by atoms with E-state index in [4.69, 9.17) is 11.6 Å². The van der Waals surface area contributed by atoms with Crippen LogP contribution in [0.5, 0.6) is 0 Å². The number of nitro groups is 1. The Balaban J connectivity index is 2.11. The summed E-state index contributed by atoms with van der Waals surface area (Å²) < 4.78 is 26.8. The molecule has 21 heavy (non-hydrogen) atoms. The molecule has 0 aromatic heterocycles. The lowest BCUT2D eigenvalue weighted by Gasteiger charge is -2.23. The zero-order valence-electron chi connectivity index (χ0n) is 11.2. The molecule has 1 aromatic rings. The van der Waals surface area contributed by atoms with E-state index in [1.165, 1.54) is 12.1 Å². The highest BCUT2D eigenvalue weighted by atomic mass is 35.5. The fraction of sp³-hybridized carbons (Fsp3) is 0.500. The largest absolute Gasteiger partial charge is 0.313 e. The number of nitrogens with one attached hydrogen (secondary N) is 2. The van der Waals surface area contributed by atoms with Gasteiger partial charge in [0, 0.05) is 18.7 Å². The molecule has 0 spiro atoms. The normalized spacial score (nSPS) is 19.4. The van der Waals surface area contributed by atoms with E-state index in [1.54, 1.807) is 0 Å². The summed E-state index contributed by atoms with van der Waals surface area (Å²) in [7, 11) is -3.79. The summed E-state index contributed by atoms with van der Waals surface area (Å²) in [5.74, 6) is 0. The monoisotopic (exact) mass is 333 g/mol. The van der Waals surface area contributed by atoms with Gasteiger partial charge >= 0.3 is 0 Å². The molecule has 1 atom stereocenters. The van der Waals surface area contributed by atoms with Crippen molar-refractivity contribution >= 4 is 27.3 Å². The second kappa shape index (κ2) is 6.69. The first-order valence-corrected chi connectivity index (χ1v) is 8.43. The molecule has 1 saturated heterocycles. The highest BCUT2D eigenvalue weighted by Crippen LogP contribution is 2.26. The van der Waals surface area contributed by atoms with Crippen molar-refractivity contribution in [3.63, 3.8) is 0 Å². The van der Waals surface area contributed by atoms with Crippen LogP contribution in [0.1, 0.15) is 19.3 Å². The molecule has 1 aliphatic heterocycles. The number of nitro benzene ring substituents is 1. The summed E-state index contributed by atoms with van der Waals surface area (Å²) in [5, 5.41) is 13.9. The highest BCUT2D eigenvalue weighted by molar-refractivity contribution is 7.89. The van der Waals surface area contributed by atoms with Gasteiger partial charge in [0.15, 0.2) is 0 Å². The van der Waals surface area contributed by atoms with Gasteiger partial charge in [0.1, 0.15) is 5.02 Å². The average Bonchev–Trinajstić information content (AvgIpc) is 2.46. The fourth-order valence-electron chi connectivity index (χ4n) is 2.19. The molecular formula is C12H16ClN3O4S. The van der Waals surface area contributed by atoms with Gasteiger partial charge in [-0.25, -0.2) is 13.1 Å². The number of rotatable bonds is 5. The predicted molar refractivity (Wildman–Crippen MR) is 78.9 cm³/mol. The summed E-state index contributed by atoms with van der Waals surface area (Å²) in [4.78, 5) is 9.94. The van der Waals surface area contributed by atoms with Crippen LogP contribution in [0.3, 0.4) is 0 Å². The van der Waals surface area contributed by atoms with Crippen molar-refractivity contribution in [2.45, 2.75) is 30.2 Å². The quantitative estimate of drug-likeness (QED) is 0.630. The van der Waals surface area contributed by atoms with Crippen molar-refractivity contribution in [3.05, 3.63) is 33.3 Å². The molecule has 0 bridgehead atoms. The molecule has 116 valence electrons. The van der Waals surface area contributed by atoms with E-state index in [2.05, 4.69) is 10.0 Å². The third-order valence-electron chi connectivity index (χ3n) is 3.36. The minimum atomic E-state index is -3.79. The Hall–Kier alpha value is -1.22. The standard InChI is InChI=1S/C12H16ClN3O4S/c13-11-5-4-10(7-12(11)16(17)18)21(19,20)15-8-9-3-1-2-6-14-9/h4-5,7,9,14-15H,1-3,6,8H2. The fourth-order valence-corrected chi connectivity index (χ4v) is 3.48. The Kier molecular flexibility index (Phi) is 5.15. The van der Waals surface area contributed by atoms with Crippen LogP contribution in [0, 0.1) is 10.1 Å². The maximum absolute atomic E-state index is 12.2. The minimum absolute atomic E-state index is 0.0899. The smallest absolute Gasteiger partial charge is 0.289 e. The van der Waals surface area contributed by atoms with Crippen LogP contribution >= 0.6 is 11.6 Å². The van der Waals surface area contributed by atoms with Crippen molar-refractivity contribution < 1.29 is 13.3 Å². The first-order chi connectivity index (χ1) is 9.90. The van der Waals surface area contributed by atoms with Crippen molar-refractivity contribution in [2.24, 2.45) is 0 Å². The second-order valence-electron chi connectivity index (χ2n) is 4.87. The molecule has 2 rings (SSSR count). The zero-order chi connectivity index (χ0) is 15.5. The first-order valence-electron chi connectivity index (χ1n) is 6.57. The van der Waals surface area contributed by atoms with Crippen LogP contribution < -0.4 is 10.0 Å². The van der Waals surface area contributed by atoms with Gasteiger partial charge in [-0.05, 0) is 31.5 Å². The van der Waals surface area contributed by atoms with Crippen molar-refractivity contribution in [1.29, 1.82) is 0 Å². The maximum Gasteiger partial charge on any atom is 0.289 e. The number of nitrogens with zero attached hydrogens (tertiary/aromatic N) is 1. The summed E-state index contributed by atoms with van der Waals surface area (Å²) in [6, 6.07) is 3.54. The SMILES string of the molecule is O=[N+]([O-])c1cc(S(=O)(=O)NCC2CCCCN2)ccc1Cl. The zero-order valence-corrected chi connectivity index (χ0v) is 12.8. The van der Waals surface area contributed by atoms with Gasteiger partial charge < -0.3 is 5.32 Å². The van der Waals surface area contributed by atoms with Crippen molar-refractivity contribution in [1.82, 2.24) is 10.0 Å². The molecule has 1 aliphatic rings. The number of sulfonamides is 1. The van der Waals surface area contributed by atoms with Crippen LogP contribution in [0.2, 0.25) is 5.02 Å². The van der Waals surface area contributed by atoms with Crippen LogP contribution in [-0.2, 0) is 10.0 Å². The van der Waals surface area contributed by atoms with E-state index in [9.17, 15) is 18.5 Å². The molecule has 0 saturated carbocycles. The molecule has 2 N–H and O–H groups in total. The summed E-state index contributed by atoms with van der Waals surface area (Å²) >= 11 is 5.67. The Labute approximate surface area is 127 Å². The third-order valence-corrected chi connectivity index (χ3v) is 5.10. The predicted octanol–water partition coefficient (Wildman–Crippen LogP) is 1.67. The molecule has 1 fully saturated rings. The Morgan fingerprint density at radius 3 is 2.81 bits per heavy atom. The lowest BCUT2D eigenvalue weighted by atomic mass is 10.1. The summed E-state index contributed by atoms with van der Waals surface area (Å²) in [5.41, 5.74) is -0.421. The van der Waals surface area contributed by atoms with E-state index < -0.39 is 20.6 Å². The Bertz CT molecular complexity index is 629. The molecular weight excluding hydrogens is 318 g/mol. The second-order valence-corrected chi connectivity index (χ2v) is 7.04. The first kappa shape index (κ1) is 16.2. The minimum Gasteiger partial charge on any atom is -0.313 e. The van der Waals surface area contributed by atoms with E-state index in [1.807, 2.05) is 0 Å². The Morgan fingerprint density at radius 1 is 1.43 bits per heavy atom. The van der Waals surface area contributed by atoms with E-state index >= 15 is 0 Å². The third kappa shape index (κ3) is 4.13. The number of piperidine rings is 1. The van der Waals surface area contributed by atoms with Crippen LogP contribution in [0.4, 0.5) is 5.69 Å². The number of benzene rings is 1. The molecule has 1 heterocycles. The van der Waals surface area contributed by atoms with Gasteiger partial charge in [-0.1, -0.05) is 18.0 Å². The van der Waals surface area contributed by atoms with Crippen LogP contribution in [-0.4, -0.2) is 32.5 Å².